The molecule has 8 rings (SSSR count). The molecule has 2 N–H and O–H groups in total. The number of hydrogen-bond donors (Lipinski definition) is 2. The lowest BCUT2D eigenvalue weighted by atomic mass is 9.89. The van der Waals surface area contributed by atoms with Crippen LogP contribution >= 0.6 is 0 Å². The van der Waals surface area contributed by atoms with Crippen LogP contribution in [0.3, 0.4) is 0 Å². The first-order chi connectivity index (χ1) is 25.2. The molecule has 0 bridgehead atoms. The molecule has 0 spiro atoms. The number of benzene rings is 1. The third-order valence-electron chi connectivity index (χ3n) is 11.4. The number of rotatable bonds is 9. The number of carbonyl (C=O) groups excluding carboxylic acids is 3. The van der Waals surface area contributed by atoms with Crippen LogP contribution in [0.1, 0.15) is 84.5 Å². The first-order valence-corrected chi connectivity index (χ1v) is 18.5. The summed E-state index contributed by atoms with van der Waals surface area (Å²) in [6.07, 6.45) is 8.42. The second kappa shape index (κ2) is 14.2. The van der Waals surface area contributed by atoms with Gasteiger partial charge in [0.2, 0.25) is 17.8 Å². The van der Waals surface area contributed by atoms with Gasteiger partial charge >= 0.3 is 0 Å². The molecule has 3 aromatic heterocycles. The number of Topliss-reactive ketones (excluding diaryl/α,β-unsaturated/α-hetero) is 1. The fraction of sp³-hybridized carbons (Fsp3) is 0.462. The normalized spacial score (nSPS) is 20.7. The van der Waals surface area contributed by atoms with Gasteiger partial charge in [0.15, 0.2) is 5.78 Å². The maximum atomic E-state index is 13.5. The van der Waals surface area contributed by atoms with Crippen LogP contribution in [0.15, 0.2) is 53.6 Å². The Morgan fingerprint density at radius 3 is 2.44 bits per heavy atom. The molecular formula is C39H45N9O4. The van der Waals surface area contributed by atoms with Gasteiger partial charge in [0.25, 0.3) is 5.56 Å². The Morgan fingerprint density at radius 2 is 1.73 bits per heavy atom. The maximum absolute atomic E-state index is 13.5. The molecule has 270 valence electrons. The fourth-order valence-electron chi connectivity index (χ4n) is 8.43. The van der Waals surface area contributed by atoms with Crippen LogP contribution in [0.4, 0.5) is 17.5 Å². The van der Waals surface area contributed by atoms with Gasteiger partial charge in [-0.05, 0) is 61.9 Å². The van der Waals surface area contributed by atoms with E-state index in [1.807, 2.05) is 24.4 Å². The lowest BCUT2D eigenvalue weighted by molar-refractivity contribution is -0.134. The minimum Gasteiger partial charge on any atom is -0.367 e. The van der Waals surface area contributed by atoms with E-state index in [1.54, 1.807) is 17.7 Å². The Morgan fingerprint density at radius 1 is 0.942 bits per heavy atom. The first kappa shape index (κ1) is 34.1. The van der Waals surface area contributed by atoms with Crippen molar-refractivity contribution < 1.29 is 14.4 Å². The van der Waals surface area contributed by atoms with Crippen molar-refractivity contribution in [1.29, 1.82) is 0 Å². The van der Waals surface area contributed by atoms with Gasteiger partial charge < -0.3 is 10.2 Å². The monoisotopic (exact) mass is 703 g/mol. The molecule has 1 aromatic carbocycles. The fourth-order valence-corrected chi connectivity index (χ4v) is 8.43. The van der Waals surface area contributed by atoms with E-state index < -0.39 is 0 Å². The number of anilines is 3. The van der Waals surface area contributed by atoms with E-state index in [4.69, 9.17) is 4.98 Å². The summed E-state index contributed by atoms with van der Waals surface area (Å²) in [7, 11) is 0. The Kier molecular flexibility index (Phi) is 9.31. The average molecular weight is 704 g/mol. The van der Waals surface area contributed by atoms with Crippen LogP contribution in [-0.2, 0) is 16.1 Å². The second-order valence-corrected chi connectivity index (χ2v) is 14.7. The molecule has 1 saturated carbocycles. The number of aryl methyl sites for hydroxylation is 1. The number of nitrogens with zero attached hydrogens (tertiary/aromatic N) is 7. The second-order valence-electron chi connectivity index (χ2n) is 14.7. The van der Waals surface area contributed by atoms with Crippen LogP contribution in [0, 0.1) is 6.92 Å². The summed E-state index contributed by atoms with van der Waals surface area (Å²) >= 11 is 0. The maximum Gasteiger partial charge on any atom is 0.263 e. The van der Waals surface area contributed by atoms with Crippen LogP contribution in [0.2, 0.25) is 0 Å². The van der Waals surface area contributed by atoms with E-state index in [2.05, 4.69) is 53.5 Å². The molecule has 4 aliphatic rings. The Bertz CT molecular complexity index is 2080. The van der Waals surface area contributed by atoms with Gasteiger partial charge in [-0.2, -0.15) is 4.98 Å². The predicted octanol–water partition coefficient (Wildman–Crippen LogP) is 4.08. The van der Waals surface area contributed by atoms with Crippen LogP contribution in [-0.4, -0.2) is 92.2 Å². The van der Waals surface area contributed by atoms with Crippen molar-refractivity contribution >= 4 is 46.1 Å². The van der Waals surface area contributed by atoms with Gasteiger partial charge in [-0.15, -0.1) is 0 Å². The van der Waals surface area contributed by atoms with Crippen LogP contribution < -0.4 is 21.1 Å². The number of carbonyl (C=O) groups is 3. The van der Waals surface area contributed by atoms with Crippen molar-refractivity contribution in [3.8, 4) is 0 Å². The molecule has 3 saturated heterocycles. The highest BCUT2D eigenvalue weighted by atomic mass is 16.2. The topological polar surface area (TPSA) is 146 Å². The van der Waals surface area contributed by atoms with Crippen molar-refractivity contribution in [1.82, 2.24) is 34.6 Å². The molecule has 4 aromatic rings. The number of ketones is 1. The Labute approximate surface area is 302 Å². The summed E-state index contributed by atoms with van der Waals surface area (Å²) in [5, 5.41) is 6.41. The van der Waals surface area contributed by atoms with Crippen molar-refractivity contribution in [2.75, 3.05) is 49.5 Å². The largest absolute Gasteiger partial charge is 0.367 e. The number of piperazine rings is 1. The molecule has 0 radical (unpaired) electrons. The Balaban J connectivity index is 0.854. The number of pyridine rings is 2. The molecule has 1 unspecified atom stereocenters. The molecular weight excluding hydrogens is 658 g/mol. The quantitative estimate of drug-likeness (QED) is 0.192. The van der Waals surface area contributed by atoms with Crippen molar-refractivity contribution in [2.45, 2.75) is 76.9 Å². The van der Waals surface area contributed by atoms with E-state index in [0.717, 1.165) is 88.1 Å². The molecule has 6 heterocycles. The molecule has 52 heavy (non-hydrogen) atoms. The summed E-state index contributed by atoms with van der Waals surface area (Å²) in [6.45, 7) is 10.0. The highest BCUT2D eigenvalue weighted by Crippen LogP contribution is 2.32. The summed E-state index contributed by atoms with van der Waals surface area (Å²) < 4.78 is 1.72. The average Bonchev–Trinajstić information content (AvgIpc) is 3.64. The highest BCUT2D eigenvalue weighted by Gasteiger charge is 2.34. The number of aromatic nitrogens is 4. The van der Waals surface area contributed by atoms with Crippen LogP contribution in [0.5, 0.6) is 0 Å². The molecule has 13 nitrogen and oxygen atoms in total. The van der Waals surface area contributed by atoms with Crippen molar-refractivity contribution in [2.24, 2.45) is 0 Å². The lowest BCUT2D eigenvalue weighted by Gasteiger charge is -2.49. The number of amides is 2. The molecule has 2 amide bonds. The van der Waals surface area contributed by atoms with Gasteiger partial charge in [0.1, 0.15) is 11.5 Å². The first-order valence-electron chi connectivity index (χ1n) is 18.5. The summed E-state index contributed by atoms with van der Waals surface area (Å²) in [5.41, 5.74) is 4.40. The smallest absolute Gasteiger partial charge is 0.263 e. The van der Waals surface area contributed by atoms with Gasteiger partial charge in [-0.25, -0.2) is 9.97 Å². The van der Waals surface area contributed by atoms with E-state index in [-0.39, 0.29) is 40.7 Å². The van der Waals surface area contributed by atoms with Crippen LogP contribution in [0.25, 0.3) is 11.0 Å². The third kappa shape index (κ3) is 6.70. The van der Waals surface area contributed by atoms with Gasteiger partial charge in [-0.3, -0.25) is 38.9 Å². The Hall–Kier alpha value is -5.01. The number of hydrogen-bond acceptors (Lipinski definition) is 11. The summed E-state index contributed by atoms with van der Waals surface area (Å²) in [5.74, 6) is 0.113. The molecule has 1 atom stereocenters. The SMILES string of the molecule is CC(=O)c1c(C)c2cnc(Nc3ccc(N4CC(N5CCN(Cc6cccc(C7CCC(=O)NC7=O)c6)CC5)C4)cn3)nc2n(C2CCCC2)c1=O. The highest BCUT2D eigenvalue weighted by molar-refractivity contribution is 6.01. The summed E-state index contributed by atoms with van der Waals surface area (Å²) in [4.78, 5) is 71.3. The van der Waals surface area contributed by atoms with Crippen molar-refractivity contribution in [3.05, 3.63) is 81.4 Å². The number of imide groups is 1. The minimum absolute atomic E-state index is 0.0226. The van der Waals surface area contributed by atoms with E-state index in [1.165, 1.54) is 12.5 Å². The molecule has 3 aliphatic heterocycles. The van der Waals surface area contributed by atoms with Gasteiger partial charge in [0, 0.05) is 75.9 Å². The standard InChI is InChI=1S/C39H45N9O4/c1-24-32-20-41-39(44-36(32)48(28-8-3-4-9-28)38(52)35(24)25(2)49)42-33-12-10-29(19-40-33)47-22-30(23-47)46-16-14-45(15-17-46)21-26-6-5-7-27(18-26)31-11-13-34(50)43-37(31)51/h5-7,10,12,18-20,28,30-31H,3-4,8-9,11,13-17,21-23H2,1-2H3,(H,43,50,51)(H,40,41,42,44). The van der Waals surface area contributed by atoms with E-state index >= 15 is 0 Å². The lowest BCUT2D eigenvalue weighted by Crippen LogP contribution is -2.63. The zero-order valence-electron chi connectivity index (χ0n) is 29.8. The molecule has 4 fully saturated rings. The minimum atomic E-state index is -0.263. The van der Waals surface area contributed by atoms with E-state index in [9.17, 15) is 19.2 Å². The zero-order valence-corrected chi connectivity index (χ0v) is 29.8. The number of piperidine rings is 1. The number of fused-ring (bicyclic) bond motifs is 1. The predicted molar refractivity (Wildman–Crippen MR) is 198 cm³/mol. The molecule has 13 heteroatoms. The number of nitrogens with one attached hydrogen (secondary N) is 2. The van der Waals surface area contributed by atoms with E-state index in [0.29, 0.717) is 41.9 Å². The third-order valence-corrected chi connectivity index (χ3v) is 11.4. The van der Waals surface area contributed by atoms with Gasteiger partial charge in [-0.1, -0.05) is 37.1 Å². The zero-order chi connectivity index (χ0) is 35.9. The van der Waals surface area contributed by atoms with Gasteiger partial charge in [0.05, 0.1) is 23.4 Å². The van der Waals surface area contributed by atoms with Crippen molar-refractivity contribution in [3.63, 3.8) is 0 Å². The summed E-state index contributed by atoms with van der Waals surface area (Å²) in [6, 6.07) is 12.8. The molecule has 1 aliphatic carbocycles.